The van der Waals surface area contributed by atoms with Gasteiger partial charge in [-0.05, 0) is 46.8 Å². The van der Waals surface area contributed by atoms with Gasteiger partial charge < -0.3 is 10.8 Å². The number of phenolic OH excluding ortho intramolecular Hbond substituents is 1. The summed E-state index contributed by atoms with van der Waals surface area (Å²) in [6, 6.07) is 5.19. The molecule has 1 aromatic carbocycles. The molecule has 0 aliphatic heterocycles. The van der Waals surface area contributed by atoms with Crippen molar-refractivity contribution in [2.45, 2.75) is 25.3 Å². The van der Waals surface area contributed by atoms with Gasteiger partial charge in [-0.25, -0.2) is 0 Å². The maximum Gasteiger partial charge on any atom is 0.134 e. The first-order valence-electron chi connectivity index (χ1n) is 5.31. The number of rotatable bonds is 2. The third kappa shape index (κ3) is 1.93. The third-order valence-electron chi connectivity index (χ3n) is 3.24. The van der Waals surface area contributed by atoms with Crippen molar-refractivity contribution in [3.05, 3.63) is 27.7 Å². The number of hydrogen-bond acceptors (Lipinski definition) is 3. The van der Waals surface area contributed by atoms with Crippen LogP contribution < -0.4 is 5.73 Å². The maximum atomic E-state index is 9.92. The summed E-state index contributed by atoms with van der Waals surface area (Å²) < 4.78 is 0.538. The van der Waals surface area contributed by atoms with E-state index in [1.807, 2.05) is 0 Å². The minimum Gasteiger partial charge on any atom is -0.506 e. The van der Waals surface area contributed by atoms with E-state index in [1.54, 1.807) is 12.1 Å². The molecule has 3 N–H and O–H groups in total. The number of nitrogens with two attached hydrogens (primary N) is 1. The minimum absolute atomic E-state index is 0.165. The van der Waals surface area contributed by atoms with E-state index in [0.717, 1.165) is 12.8 Å². The first-order chi connectivity index (χ1) is 7.63. The standard InChI is InChI=1S/C12H13BrN2O/c13-10-5-7(6-14)4-9(12(10)16)11(15)8-2-1-3-8/h4-5,8,11,16H,1-3,15H2/t11-/m1/s1. The molecule has 0 bridgehead atoms. The molecule has 0 radical (unpaired) electrons. The first kappa shape index (κ1) is 11.4. The van der Waals surface area contributed by atoms with Crippen LogP contribution in [0.5, 0.6) is 5.75 Å². The van der Waals surface area contributed by atoms with Crippen molar-refractivity contribution in [2.24, 2.45) is 11.7 Å². The molecule has 1 fully saturated rings. The van der Waals surface area contributed by atoms with Crippen LogP contribution >= 0.6 is 15.9 Å². The van der Waals surface area contributed by atoms with Crippen LogP contribution in [0.1, 0.15) is 36.4 Å². The Morgan fingerprint density at radius 3 is 2.69 bits per heavy atom. The maximum absolute atomic E-state index is 9.92. The van der Waals surface area contributed by atoms with Crippen LogP contribution in [0.4, 0.5) is 0 Å². The molecule has 0 amide bonds. The second-order valence-electron chi connectivity index (χ2n) is 4.22. The number of nitriles is 1. The lowest BCUT2D eigenvalue weighted by Crippen LogP contribution is -2.27. The van der Waals surface area contributed by atoms with Crippen LogP contribution in [0.25, 0.3) is 0 Å². The van der Waals surface area contributed by atoms with E-state index in [0.29, 0.717) is 21.5 Å². The van der Waals surface area contributed by atoms with Gasteiger partial charge in [-0.3, -0.25) is 0 Å². The van der Waals surface area contributed by atoms with Crippen molar-refractivity contribution in [3.8, 4) is 11.8 Å². The molecule has 4 heteroatoms. The van der Waals surface area contributed by atoms with E-state index in [4.69, 9.17) is 11.0 Å². The van der Waals surface area contributed by atoms with Gasteiger partial charge >= 0.3 is 0 Å². The highest BCUT2D eigenvalue weighted by molar-refractivity contribution is 9.10. The lowest BCUT2D eigenvalue weighted by molar-refractivity contribution is 0.260. The molecule has 1 aliphatic carbocycles. The average molecular weight is 281 g/mol. The van der Waals surface area contributed by atoms with Gasteiger partial charge in [0.1, 0.15) is 5.75 Å². The second kappa shape index (κ2) is 4.44. The predicted molar refractivity (Wildman–Crippen MR) is 64.8 cm³/mol. The van der Waals surface area contributed by atoms with E-state index < -0.39 is 0 Å². The molecule has 0 unspecified atom stereocenters. The summed E-state index contributed by atoms with van der Waals surface area (Å²) in [5.74, 6) is 0.602. The Balaban J connectivity index is 2.38. The van der Waals surface area contributed by atoms with E-state index >= 15 is 0 Å². The van der Waals surface area contributed by atoms with Crippen LogP contribution in [0.15, 0.2) is 16.6 Å². The Morgan fingerprint density at radius 2 is 2.19 bits per heavy atom. The molecule has 84 valence electrons. The molecule has 0 heterocycles. The molecule has 1 atom stereocenters. The number of hydrogen-bond donors (Lipinski definition) is 2. The Morgan fingerprint density at radius 1 is 1.50 bits per heavy atom. The van der Waals surface area contributed by atoms with E-state index in [-0.39, 0.29) is 11.8 Å². The highest BCUT2D eigenvalue weighted by atomic mass is 79.9. The molecular weight excluding hydrogens is 268 g/mol. The SMILES string of the molecule is N#Cc1cc(Br)c(O)c([C@H](N)C2CCC2)c1. The molecule has 1 aliphatic rings. The monoisotopic (exact) mass is 280 g/mol. The van der Waals surface area contributed by atoms with Gasteiger partial charge in [0.05, 0.1) is 16.1 Å². The quantitative estimate of drug-likeness (QED) is 0.875. The molecule has 0 spiro atoms. The zero-order chi connectivity index (χ0) is 11.7. The molecular formula is C12H13BrN2O. The van der Waals surface area contributed by atoms with Gasteiger partial charge in [-0.2, -0.15) is 5.26 Å². The number of phenols is 1. The van der Waals surface area contributed by atoms with Crippen molar-refractivity contribution in [1.82, 2.24) is 0 Å². The van der Waals surface area contributed by atoms with Gasteiger partial charge in [0, 0.05) is 11.6 Å². The molecule has 16 heavy (non-hydrogen) atoms. The van der Waals surface area contributed by atoms with Crippen LogP contribution in [0.3, 0.4) is 0 Å². The largest absolute Gasteiger partial charge is 0.506 e. The smallest absolute Gasteiger partial charge is 0.134 e. The fourth-order valence-electron chi connectivity index (χ4n) is 1.99. The topological polar surface area (TPSA) is 70.0 Å². The Bertz CT molecular complexity index is 449. The summed E-state index contributed by atoms with van der Waals surface area (Å²) in [6.07, 6.45) is 3.42. The molecule has 3 nitrogen and oxygen atoms in total. The summed E-state index contributed by atoms with van der Waals surface area (Å²) in [6.45, 7) is 0. The van der Waals surface area contributed by atoms with E-state index in [1.165, 1.54) is 6.42 Å². The highest BCUT2D eigenvalue weighted by Gasteiger charge is 2.28. The third-order valence-corrected chi connectivity index (χ3v) is 3.84. The van der Waals surface area contributed by atoms with Crippen molar-refractivity contribution in [2.75, 3.05) is 0 Å². The zero-order valence-corrected chi connectivity index (χ0v) is 10.4. The molecule has 1 aromatic rings. The summed E-state index contributed by atoms with van der Waals surface area (Å²) in [7, 11) is 0. The van der Waals surface area contributed by atoms with Gasteiger partial charge in [0.25, 0.3) is 0 Å². The summed E-state index contributed by atoms with van der Waals surface area (Å²) in [5.41, 5.74) is 7.30. The van der Waals surface area contributed by atoms with Gasteiger partial charge in [0.2, 0.25) is 0 Å². The molecule has 2 rings (SSSR count). The summed E-state index contributed by atoms with van der Waals surface area (Å²) in [5, 5.41) is 18.8. The average Bonchev–Trinajstić information content (AvgIpc) is 2.19. The second-order valence-corrected chi connectivity index (χ2v) is 5.08. The van der Waals surface area contributed by atoms with Crippen molar-refractivity contribution >= 4 is 15.9 Å². The molecule has 0 aromatic heterocycles. The fourth-order valence-corrected chi connectivity index (χ4v) is 2.47. The lowest BCUT2D eigenvalue weighted by atomic mass is 9.77. The number of halogens is 1. The van der Waals surface area contributed by atoms with Crippen LogP contribution in [-0.4, -0.2) is 5.11 Å². The summed E-state index contributed by atoms with van der Waals surface area (Å²) in [4.78, 5) is 0. The van der Waals surface area contributed by atoms with Crippen molar-refractivity contribution in [3.63, 3.8) is 0 Å². The van der Waals surface area contributed by atoms with Crippen LogP contribution in [0, 0.1) is 17.2 Å². The normalized spacial score (nSPS) is 17.6. The Labute approximate surface area is 103 Å². The molecule has 0 saturated heterocycles. The van der Waals surface area contributed by atoms with Gasteiger partial charge in [-0.1, -0.05) is 6.42 Å². The number of aromatic hydroxyl groups is 1. The Kier molecular flexibility index (Phi) is 3.17. The summed E-state index contributed by atoms with van der Waals surface area (Å²) >= 11 is 3.24. The van der Waals surface area contributed by atoms with E-state index in [9.17, 15) is 5.11 Å². The van der Waals surface area contributed by atoms with Gasteiger partial charge in [-0.15, -0.1) is 0 Å². The predicted octanol–water partition coefficient (Wildman–Crippen LogP) is 2.83. The fraction of sp³-hybridized carbons (Fsp3) is 0.417. The van der Waals surface area contributed by atoms with Crippen molar-refractivity contribution in [1.29, 1.82) is 5.26 Å². The highest BCUT2D eigenvalue weighted by Crippen LogP contribution is 2.41. The van der Waals surface area contributed by atoms with Crippen LogP contribution in [-0.2, 0) is 0 Å². The number of nitrogens with zero attached hydrogens (tertiary/aromatic N) is 1. The zero-order valence-electron chi connectivity index (χ0n) is 8.78. The Hall–Kier alpha value is -1.05. The van der Waals surface area contributed by atoms with Crippen molar-refractivity contribution < 1.29 is 5.11 Å². The lowest BCUT2D eigenvalue weighted by Gasteiger charge is -2.32. The number of benzene rings is 1. The van der Waals surface area contributed by atoms with Crippen LogP contribution in [0.2, 0.25) is 0 Å². The van der Waals surface area contributed by atoms with Gasteiger partial charge in [0.15, 0.2) is 0 Å². The van der Waals surface area contributed by atoms with E-state index in [2.05, 4.69) is 22.0 Å². The first-order valence-corrected chi connectivity index (χ1v) is 6.11. The molecule has 1 saturated carbocycles. The minimum atomic E-state index is -0.168.